The molecule has 0 aliphatic carbocycles. The highest BCUT2D eigenvalue weighted by molar-refractivity contribution is 4.99. The lowest BCUT2D eigenvalue weighted by Gasteiger charge is -1.69. The molecule has 0 N–H and O–H groups in total. The fraction of sp³-hybridized carbons (Fsp3) is 0. The molecule has 0 nitrogen and oxygen atoms in total. The van der Waals surface area contributed by atoms with Gasteiger partial charge >= 0.3 is 0 Å². The molecule has 0 heteroatoms. The van der Waals surface area contributed by atoms with Crippen LogP contribution >= 0.6 is 0 Å². The summed E-state index contributed by atoms with van der Waals surface area (Å²) in [6.45, 7) is 0. The Morgan fingerprint density at radius 3 is 0.714 bits per heavy atom. The molecule has 0 aromatic heterocycles. The van der Waals surface area contributed by atoms with Crippen LogP contribution in [0.5, 0.6) is 0 Å². The minimum absolute atomic E-state index is 0. The van der Waals surface area contributed by atoms with Gasteiger partial charge in [0.15, 0.2) is 0 Å². The normalized spacial score (nSPS) is 6.86. The van der Waals surface area contributed by atoms with Crippen LogP contribution in [0.15, 0.2) is 36.4 Å². The second-order valence-electron chi connectivity index (χ2n) is 1.15. The molecule has 0 bridgehead atoms. The molecule has 34 valence electrons. The Balaban J connectivity index is 0.000000360. The van der Waals surface area contributed by atoms with E-state index >= 15 is 0 Å². The van der Waals surface area contributed by atoms with Crippen LogP contribution < -0.4 is 0 Å². The average Bonchev–Trinajstić information content (AvgIpc) is 1.72. The lowest BCUT2D eigenvalue weighted by atomic mass is 10.4. The third-order valence-electron chi connectivity index (χ3n) is 0.667. The van der Waals surface area contributed by atoms with Gasteiger partial charge in [-0.1, -0.05) is 36.4 Å². The Morgan fingerprint density at radius 1 is 0.429 bits per heavy atom. The Bertz CT molecular complexity index is 72.0. The van der Waals surface area contributed by atoms with E-state index in [1.54, 1.807) is 0 Å². The molecule has 0 saturated carbocycles. The van der Waals surface area contributed by atoms with Crippen LogP contribution in [-0.4, -0.2) is 0 Å². The predicted molar refractivity (Wildman–Crippen MR) is 29.7 cm³/mol. The largest absolute Gasteiger partial charge is 0.0623 e. The molecule has 1 aromatic carbocycles. The van der Waals surface area contributed by atoms with E-state index in [1.165, 1.54) is 0 Å². The van der Waals surface area contributed by atoms with E-state index in [-0.39, 0.29) is 7.43 Å². The minimum atomic E-state index is 0. The molecule has 1 aromatic rings. The van der Waals surface area contributed by atoms with E-state index < -0.39 is 0 Å². The maximum Gasteiger partial charge on any atom is 0 e. The lowest BCUT2D eigenvalue weighted by molar-refractivity contribution is 1.72. The molecule has 0 saturated heterocycles. The first-order valence-corrected chi connectivity index (χ1v) is 2.00. The monoisotopic (exact) mass is 90.0 g/mol. The van der Waals surface area contributed by atoms with Crippen LogP contribution in [-0.2, 0) is 0 Å². The summed E-state index contributed by atoms with van der Waals surface area (Å²) >= 11 is 0. The molecule has 0 amide bonds. The molecule has 0 unspecified atom stereocenters. The van der Waals surface area contributed by atoms with E-state index in [9.17, 15) is 0 Å². The molecule has 0 heterocycles. The summed E-state index contributed by atoms with van der Waals surface area (Å²) in [5.74, 6) is 0. The van der Waals surface area contributed by atoms with Gasteiger partial charge in [-0.15, -0.1) is 0 Å². The summed E-state index contributed by atoms with van der Waals surface area (Å²) in [4.78, 5) is 0. The van der Waals surface area contributed by atoms with Gasteiger partial charge in [-0.25, -0.2) is 0 Å². The van der Waals surface area contributed by atoms with E-state index in [2.05, 4.69) is 0 Å². The quantitative estimate of drug-likeness (QED) is 0.455. The molecule has 4 radical (unpaired) electrons. The number of rotatable bonds is 0. The van der Waals surface area contributed by atoms with Crippen molar-refractivity contribution in [2.75, 3.05) is 0 Å². The number of benzene rings is 1. The molecule has 0 atom stereocenters. The fourth-order valence-corrected chi connectivity index (χ4v) is 0.385. The van der Waals surface area contributed by atoms with Gasteiger partial charge in [-0.3, -0.25) is 0 Å². The average molecular weight is 90.1 g/mol. The third-order valence-corrected chi connectivity index (χ3v) is 0.667. The summed E-state index contributed by atoms with van der Waals surface area (Å²) in [6, 6.07) is 12.0. The summed E-state index contributed by atoms with van der Waals surface area (Å²) in [6.07, 6.45) is 0. The Kier molecular flexibility index (Phi) is 3.03. The second kappa shape index (κ2) is 3.41. The van der Waals surface area contributed by atoms with Crippen molar-refractivity contribution in [3.8, 4) is 0 Å². The molecule has 1 rings (SSSR count). The topological polar surface area (TPSA) is 0 Å². The van der Waals surface area contributed by atoms with Crippen molar-refractivity contribution in [3.63, 3.8) is 0 Å². The highest BCUT2D eigenvalue weighted by atomic mass is 13.6. The van der Waals surface area contributed by atoms with Crippen LogP contribution in [0.4, 0.5) is 0 Å². The van der Waals surface area contributed by atoms with Gasteiger partial charge in [0.05, 0.1) is 0 Å². The first kappa shape index (κ1) is 6.22. The van der Waals surface area contributed by atoms with E-state index in [0.717, 1.165) is 0 Å². The van der Waals surface area contributed by atoms with E-state index in [0.29, 0.717) is 0 Å². The summed E-state index contributed by atoms with van der Waals surface area (Å²) in [5.41, 5.74) is 0. The lowest BCUT2D eigenvalue weighted by Crippen LogP contribution is -1.47. The summed E-state index contributed by atoms with van der Waals surface area (Å²) in [7, 11) is 0. The standard InChI is InChI=1S/C6H6.C/c1-2-4-6-5-3-1;/h1-6H;. The van der Waals surface area contributed by atoms with Crippen LogP contribution in [0, 0.1) is 7.43 Å². The zero-order valence-corrected chi connectivity index (χ0v) is 3.96. The SMILES string of the molecule is [C].c1ccccc1. The molecule has 0 aliphatic rings. The van der Waals surface area contributed by atoms with Gasteiger partial charge in [0, 0.05) is 7.43 Å². The van der Waals surface area contributed by atoms with Crippen molar-refractivity contribution in [1.82, 2.24) is 0 Å². The molecule has 0 spiro atoms. The minimum Gasteiger partial charge on any atom is -0.0623 e. The van der Waals surface area contributed by atoms with Gasteiger partial charge < -0.3 is 0 Å². The third kappa shape index (κ3) is 1.99. The maximum absolute atomic E-state index is 2.00. The van der Waals surface area contributed by atoms with Crippen molar-refractivity contribution >= 4 is 0 Å². The predicted octanol–water partition coefficient (Wildman–Crippen LogP) is 1.77. The highest BCUT2D eigenvalue weighted by Crippen LogP contribution is 1.79. The number of hydrogen-bond donors (Lipinski definition) is 0. The second-order valence-corrected chi connectivity index (χ2v) is 1.15. The Labute approximate surface area is 44.8 Å². The van der Waals surface area contributed by atoms with Gasteiger partial charge in [-0.05, 0) is 0 Å². The van der Waals surface area contributed by atoms with Gasteiger partial charge in [0.2, 0.25) is 0 Å². The zero-order chi connectivity index (χ0) is 4.24. The maximum atomic E-state index is 2.00. The van der Waals surface area contributed by atoms with Gasteiger partial charge in [0.25, 0.3) is 0 Å². The first-order valence-electron chi connectivity index (χ1n) is 2.00. The Hall–Kier alpha value is -0.780. The van der Waals surface area contributed by atoms with Crippen molar-refractivity contribution in [1.29, 1.82) is 0 Å². The van der Waals surface area contributed by atoms with Gasteiger partial charge in [-0.2, -0.15) is 0 Å². The highest BCUT2D eigenvalue weighted by Gasteiger charge is 1.57. The van der Waals surface area contributed by atoms with Crippen molar-refractivity contribution in [2.24, 2.45) is 0 Å². The summed E-state index contributed by atoms with van der Waals surface area (Å²) in [5, 5.41) is 0. The van der Waals surface area contributed by atoms with Gasteiger partial charge in [0.1, 0.15) is 0 Å². The van der Waals surface area contributed by atoms with Crippen molar-refractivity contribution < 1.29 is 0 Å². The van der Waals surface area contributed by atoms with Crippen LogP contribution in [0.1, 0.15) is 0 Å². The molecule has 0 aliphatic heterocycles. The molecule has 0 fully saturated rings. The van der Waals surface area contributed by atoms with Crippen LogP contribution in [0.2, 0.25) is 0 Å². The van der Waals surface area contributed by atoms with E-state index in [1.807, 2.05) is 36.4 Å². The van der Waals surface area contributed by atoms with Crippen LogP contribution in [0.3, 0.4) is 0 Å². The van der Waals surface area contributed by atoms with Crippen molar-refractivity contribution in [2.45, 2.75) is 0 Å². The molecular weight excluding hydrogens is 84.1 g/mol. The van der Waals surface area contributed by atoms with E-state index in [4.69, 9.17) is 0 Å². The smallest absolute Gasteiger partial charge is 0 e. The zero-order valence-electron chi connectivity index (χ0n) is 3.96. The molecular formula is C7H6. The van der Waals surface area contributed by atoms with Crippen LogP contribution in [0.25, 0.3) is 0 Å². The molecule has 7 heavy (non-hydrogen) atoms. The Morgan fingerprint density at radius 2 is 0.571 bits per heavy atom. The first-order chi connectivity index (χ1) is 3.00. The fourth-order valence-electron chi connectivity index (χ4n) is 0.385. The summed E-state index contributed by atoms with van der Waals surface area (Å²) < 4.78 is 0. The van der Waals surface area contributed by atoms with Crippen molar-refractivity contribution in [3.05, 3.63) is 43.8 Å². The number of hydrogen-bond acceptors (Lipinski definition) is 0.